The molecule has 0 spiro atoms. The molecule has 3 atom stereocenters. The number of nitrogens with one attached hydrogen (secondary N) is 1. The quantitative estimate of drug-likeness (QED) is 0.723. The van der Waals surface area contributed by atoms with Crippen molar-refractivity contribution in [2.75, 3.05) is 13.1 Å². The summed E-state index contributed by atoms with van der Waals surface area (Å²) in [5.74, 6) is 4.91. The molecular weight excluding hydrogens is 230 g/mol. The Hall–Kier alpha value is -0.0400. The van der Waals surface area contributed by atoms with E-state index in [1.807, 2.05) is 0 Å². The summed E-state index contributed by atoms with van der Waals surface area (Å²) in [4.78, 5) is 0. The Balaban J connectivity index is 1.86. The molecule has 0 aliphatic heterocycles. The van der Waals surface area contributed by atoms with Crippen LogP contribution in [0.1, 0.15) is 72.1 Å². The minimum atomic E-state index is 0.789. The molecule has 0 bridgehead atoms. The molecule has 2 aliphatic rings. The highest BCUT2D eigenvalue weighted by atomic mass is 14.9. The maximum Gasteiger partial charge on any atom is -0.00176 e. The molecule has 112 valence electrons. The van der Waals surface area contributed by atoms with Crippen molar-refractivity contribution in [3.63, 3.8) is 0 Å². The minimum Gasteiger partial charge on any atom is -0.316 e. The van der Waals surface area contributed by atoms with Crippen LogP contribution in [0.5, 0.6) is 0 Å². The van der Waals surface area contributed by atoms with Gasteiger partial charge in [0.25, 0.3) is 0 Å². The Morgan fingerprint density at radius 2 is 1.79 bits per heavy atom. The monoisotopic (exact) mass is 265 g/mol. The largest absolute Gasteiger partial charge is 0.316 e. The fourth-order valence-corrected chi connectivity index (χ4v) is 4.50. The van der Waals surface area contributed by atoms with E-state index in [0.717, 1.165) is 29.6 Å². The lowest BCUT2D eigenvalue weighted by Gasteiger charge is -2.39. The van der Waals surface area contributed by atoms with E-state index in [0.29, 0.717) is 0 Å². The maximum absolute atomic E-state index is 3.74. The van der Waals surface area contributed by atoms with Gasteiger partial charge in [-0.15, -0.1) is 0 Å². The van der Waals surface area contributed by atoms with E-state index >= 15 is 0 Å². The van der Waals surface area contributed by atoms with Gasteiger partial charge in [-0.3, -0.25) is 0 Å². The summed E-state index contributed by atoms with van der Waals surface area (Å²) >= 11 is 0. The van der Waals surface area contributed by atoms with Crippen molar-refractivity contribution in [1.82, 2.24) is 5.32 Å². The molecule has 2 aliphatic carbocycles. The Morgan fingerprint density at radius 3 is 2.42 bits per heavy atom. The molecule has 0 saturated heterocycles. The number of hydrogen-bond donors (Lipinski definition) is 1. The summed E-state index contributed by atoms with van der Waals surface area (Å²) in [5, 5.41) is 3.74. The summed E-state index contributed by atoms with van der Waals surface area (Å²) in [6.07, 6.45) is 12.0. The Labute approximate surface area is 120 Å². The van der Waals surface area contributed by atoms with E-state index in [-0.39, 0.29) is 0 Å². The van der Waals surface area contributed by atoms with Crippen LogP contribution in [-0.2, 0) is 0 Å². The predicted octanol–water partition coefficient (Wildman–Crippen LogP) is 4.86. The zero-order valence-electron chi connectivity index (χ0n) is 13.5. The first-order valence-corrected chi connectivity index (χ1v) is 8.91. The SMILES string of the molecule is CCC1CCC(CNCC(C)C)C(C2CCCC2)C1. The molecule has 3 unspecified atom stereocenters. The fourth-order valence-electron chi connectivity index (χ4n) is 4.50. The van der Waals surface area contributed by atoms with Crippen LogP contribution < -0.4 is 5.32 Å². The van der Waals surface area contributed by atoms with Gasteiger partial charge in [0.1, 0.15) is 0 Å². The molecule has 0 radical (unpaired) electrons. The zero-order valence-corrected chi connectivity index (χ0v) is 13.5. The molecule has 1 N–H and O–H groups in total. The van der Waals surface area contributed by atoms with Crippen LogP contribution in [0.2, 0.25) is 0 Å². The van der Waals surface area contributed by atoms with Crippen molar-refractivity contribution < 1.29 is 0 Å². The van der Waals surface area contributed by atoms with E-state index in [1.54, 1.807) is 0 Å². The van der Waals surface area contributed by atoms with E-state index in [2.05, 4.69) is 26.1 Å². The topological polar surface area (TPSA) is 12.0 Å². The third-order valence-corrected chi connectivity index (χ3v) is 5.70. The Morgan fingerprint density at radius 1 is 1.05 bits per heavy atom. The van der Waals surface area contributed by atoms with Gasteiger partial charge in [0.2, 0.25) is 0 Å². The van der Waals surface area contributed by atoms with Crippen LogP contribution in [0, 0.1) is 29.6 Å². The molecule has 2 saturated carbocycles. The van der Waals surface area contributed by atoms with Gasteiger partial charge < -0.3 is 5.32 Å². The number of rotatable bonds is 6. The van der Waals surface area contributed by atoms with Gasteiger partial charge in [0.15, 0.2) is 0 Å². The average molecular weight is 265 g/mol. The van der Waals surface area contributed by atoms with E-state index in [9.17, 15) is 0 Å². The van der Waals surface area contributed by atoms with E-state index in [4.69, 9.17) is 0 Å². The van der Waals surface area contributed by atoms with Crippen LogP contribution >= 0.6 is 0 Å². The second-order valence-electron chi connectivity index (χ2n) is 7.61. The second-order valence-corrected chi connectivity index (χ2v) is 7.61. The van der Waals surface area contributed by atoms with Gasteiger partial charge in [0.05, 0.1) is 0 Å². The Bertz CT molecular complexity index is 242. The van der Waals surface area contributed by atoms with Crippen molar-refractivity contribution in [2.45, 2.75) is 72.1 Å². The van der Waals surface area contributed by atoms with Gasteiger partial charge in [-0.25, -0.2) is 0 Å². The van der Waals surface area contributed by atoms with E-state index < -0.39 is 0 Å². The summed E-state index contributed by atoms with van der Waals surface area (Å²) in [7, 11) is 0. The highest BCUT2D eigenvalue weighted by Crippen LogP contribution is 2.44. The van der Waals surface area contributed by atoms with Gasteiger partial charge in [0, 0.05) is 0 Å². The summed E-state index contributed by atoms with van der Waals surface area (Å²) in [5.41, 5.74) is 0. The van der Waals surface area contributed by atoms with Crippen LogP contribution in [0.4, 0.5) is 0 Å². The molecule has 0 amide bonds. The first-order valence-electron chi connectivity index (χ1n) is 8.91. The second kappa shape index (κ2) is 7.67. The van der Waals surface area contributed by atoms with Crippen molar-refractivity contribution in [2.24, 2.45) is 29.6 Å². The molecule has 0 aromatic heterocycles. The van der Waals surface area contributed by atoms with Crippen LogP contribution in [0.25, 0.3) is 0 Å². The molecule has 0 aromatic rings. The predicted molar refractivity (Wildman–Crippen MR) is 84.3 cm³/mol. The highest BCUT2D eigenvalue weighted by Gasteiger charge is 2.35. The van der Waals surface area contributed by atoms with Gasteiger partial charge in [-0.1, -0.05) is 59.3 Å². The van der Waals surface area contributed by atoms with Gasteiger partial charge in [-0.2, -0.15) is 0 Å². The van der Waals surface area contributed by atoms with Crippen LogP contribution in [0.15, 0.2) is 0 Å². The first-order chi connectivity index (χ1) is 9.20. The molecule has 0 aromatic carbocycles. The smallest absolute Gasteiger partial charge is 0.00176 e. The fraction of sp³-hybridized carbons (Fsp3) is 1.00. The normalized spacial score (nSPS) is 33.2. The number of hydrogen-bond acceptors (Lipinski definition) is 1. The van der Waals surface area contributed by atoms with Crippen LogP contribution in [0.3, 0.4) is 0 Å². The van der Waals surface area contributed by atoms with Crippen molar-refractivity contribution in [1.29, 1.82) is 0 Å². The average Bonchev–Trinajstić information content (AvgIpc) is 2.92. The maximum atomic E-state index is 3.74. The summed E-state index contributed by atoms with van der Waals surface area (Å²) in [6, 6.07) is 0. The van der Waals surface area contributed by atoms with Crippen molar-refractivity contribution >= 4 is 0 Å². The van der Waals surface area contributed by atoms with Crippen molar-refractivity contribution in [3.8, 4) is 0 Å². The lowest BCUT2D eigenvalue weighted by molar-refractivity contribution is 0.117. The molecule has 2 fully saturated rings. The standard InChI is InChI=1S/C18H35N/c1-4-15-9-10-17(13-19-12-14(2)3)18(11-15)16-7-5-6-8-16/h14-19H,4-13H2,1-3H3. The third kappa shape index (κ3) is 4.48. The summed E-state index contributed by atoms with van der Waals surface area (Å²) in [6.45, 7) is 9.51. The zero-order chi connectivity index (χ0) is 13.7. The Kier molecular flexibility index (Phi) is 6.19. The minimum absolute atomic E-state index is 0.789. The summed E-state index contributed by atoms with van der Waals surface area (Å²) < 4.78 is 0. The molecule has 1 nitrogen and oxygen atoms in total. The molecular formula is C18H35N. The highest BCUT2D eigenvalue weighted by molar-refractivity contribution is 4.87. The lowest BCUT2D eigenvalue weighted by Crippen LogP contribution is -2.37. The molecule has 0 heterocycles. The van der Waals surface area contributed by atoms with Crippen molar-refractivity contribution in [3.05, 3.63) is 0 Å². The van der Waals surface area contributed by atoms with Gasteiger partial charge >= 0.3 is 0 Å². The lowest BCUT2D eigenvalue weighted by atomic mass is 9.67. The van der Waals surface area contributed by atoms with Crippen LogP contribution in [-0.4, -0.2) is 13.1 Å². The molecule has 1 heteroatoms. The third-order valence-electron chi connectivity index (χ3n) is 5.70. The van der Waals surface area contributed by atoms with Gasteiger partial charge in [-0.05, 0) is 55.5 Å². The first kappa shape index (κ1) is 15.4. The van der Waals surface area contributed by atoms with E-state index in [1.165, 1.54) is 64.5 Å². The molecule has 19 heavy (non-hydrogen) atoms. The molecule has 2 rings (SSSR count).